The van der Waals surface area contributed by atoms with Crippen LogP contribution in [0.25, 0.3) is 0 Å². The summed E-state index contributed by atoms with van der Waals surface area (Å²) >= 11 is 6.34. The van der Waals surface area contributed by atoms with Gasteiger partial charge in [0.05, 0.1) is 0 Å². The van der Waals surface area contributed by atoms with Crippen LogP contribution in [-0.4, -0.2) is 10.2 Å². The van der Waals surface area contributed by atoms with Gasteiger partial charge in [0.15, 0.2) is 0 Å². The molecule has 0 bridgehead atoms. The summed E-state index contributed by atoms with van der Waals surface area (Å²) in [5.74, 6) is 0.577. The second-order valence-electron chi connectivity index (χ2n) is 9.66. The molecule has 2 nitrogen and oxygen atoms in total. The number of aromatic hydroxyl groups is 2. The quantitative estimate of drug-likeness (QED) is 0.483. The van der Waals surface area contributed by atoms with Gasteiger partial charge in [-0.1, -0.05) is 102 Å². The normalized spacial score (nSPS) is 12.4. The Hall–Kier alpha value is -2.02. The number of rotatable bonds is 3. The molecule has 3 rings (SSSR count). The molecule has 2 N–H and O–H groups in total. The number of phenolic OH excluding ortho intramolecular Hbond substituents is 2. The molecule has 0 aliphatic heterocycles. The third-order valence-electron chi connectivity index (χ3n) is 5.19. The van der Waals surface area contributed by atoms with Gasteiger partial charge in [0.25, 0.3) is 0 Å². The molecular formula is C26H30ClO2P. The highest BCUT2D eigenvalue weighted by Crippen LogP contribution is 2.44. The maximum atomic E-state index is 11.3. The van der Waals surface area contributed by atoms with E-state index in [2.05, 4.69) is 41.5 Å². The first-order chi connectivity index (χ1) is 13.9. The number of hydrogen-bond acceptors (Lipinski definition) is 2. The summed E-state index contributed by atoms with van der Waals surface area (Å²) in [6, 6.07) is 19.5. The van der Waals surface area contributed by atoms with E-state index in [0.29, 0.717) is 5.02 Å². The van der Waals surface area contributed by atoms with E-state index in [1.165, 1.54) is 0 Å². The number of phenols is 2. The topological polar surface area (TPSA) is 40.5 Å². The minimum absolute atomic E-state index is 0.204. The molecule has 0 saturated heterocycles. The van der Waals surface area contributed by atoms with E-state index in [4.69, 9.17) is 11.6 Å². The maximum Gasteiger partial charge on any atom is 0.127 e. The van der Waals surface area contributed by atoms with Crippen LogP contribution in [0.15, 0.2) is 60.7 Å². The van der Waals surface area contributed by atoms with Crippen LogP contribution in [0, 0.1) is 0 Å². The fourth-order valence-electron chi connectivity index (χ4n) is 3.66. The molecule has 0 radical (unpaired) electrons. The average Bonchev–Trinajstić information content (AvgIpc) is 2.63. The van der Waals surface area contributed by atoms with Crippen LogP contribution in [0.3, 0.4) is 0 Å². The Balaban J connectivity index is 2.34. The van der Waals surface area contributed by atoms with Crippen LogP contribution in [0.5, 0.6) is 11.5 Å². The highest BCUT2D eigenvalue weighted by molar-refractivity contribution is 7.80. The van der Waals surface area contributed by atoms with E-state index >= 15 is 0 Å². The zero-order valence-electron chi connectivity index (χ0n) is 18.5. The van der Waals surface area contributed by atoms with Crippen LogP contribution in [0.1, 0.15) is 52.7 Å². The SMILES string of the molecule is CC(C)(C)c1cccc(P(c2cccc(Cl)c2)c2cccc(C(C)(C)C)c2O)c1O. The summed E-state index contributed by atoms with van der Waals surface area (Å²) in [5, 5.41) is 25.9. The van der Waals surface area contributed by atoms with Crippen LogP contribution >= 0.6 is 19.5 Å². The Bertz CT molecular complexity index is 998. The van der Waals surface area contributed by atoms with Crippen LogP contribution in [-0.2, 0) is 10.8 Å². The van der Waals surface area contributed by atoms with Gasteiger partial charge in [-0.3, -0.25) is 0 Å². The molecule has 0 atom stereocenters. The van der Waals surface area contributed by atoms with Crippen molar-refractivity contribution < 1.29 is 10.2 Å². The van der Waals surface area contributed by atoms with Crippen LogP contribution in [0.4, 0.5) is 0 Å². The predicted octanol–water partition coefficient (Wildman–Crippen LogP) is 6.10. The number of benzene rings is 3. The molecule has 4 heteroatoms. The van der Waals surface area contributed by atoms with Crippen molar-refractivity contribution in [3.05, 3.63) is 76.8 Å². The van der Waals surface area contributed by atoms with Crippen molar-refractivity contribution in [1.29, 1.82) is 0 Å². The molecule has 0 aliphatic rings. The van der Waals surface area contributed by atoms with Crippen LogP contribution in [0.2, 0.25) is 5.02 Å². The molecule has 0 spiro atoms. The smallest absolute Gasteiger partial charge is 0.127 e. The maximum absolute atomic E-state index is 11.3. The summed E-state index contributed by atoms with van der Waals surface area (Å²) < 4.78 is 0. The zero-order valence-corrected chi connectivity index (χ0v) is 20.1. The van der Waals surface area contributed by atoms with Crippen molar-refractivity contribution in [2.24, 2.45) is 0 Å². The van der Waals surface area contributed by atoms with Gasteiger partial charge < -0.3 is 10.2 Å². The average molecular weight is 441 g/mol. The first kappa shape index (κ1) is 22.7. The molecule has 0 unspecified atom stereocenters. The first-order valence-corrected chi connectivity index (χ1v) is 11.8. The van der Waals surface area contributed by atoms with Gasteiger partial charge in [0.1, 0.15) is 11.5 Å². The van der Waals surface area contributed by atoms with Gasteiger partial charge in [-0.25, -0.2) is 0 Å². The molecule has 0 saturated carbocycles. The number of para-hydroxylation sites is 2. The fraction of sp³-hybridized carbons (Fsp3) is 0.308. The molecular weight excluding hydrogens is 411 g/mol. The molecule has 0 heterocycles. The van der Waals surface area contributed by atoms with E-state index in [1.54, 1.807) is 0 Å². The van der Waals surface area contributed by atoms with Crippen molar-refractivity contribution in [3.63, 3.8) is 0 Å². The lowest BCUT2D eigenvalue weighted by Crippen LogP contribution is -2.25. The standard InChI is InChI=1S/C26H30ClO2P/c1-25(2,3)19-12-8-14-21(23(19)28)30(18-11-7-10-17(27)16-18)22-15-9-13-20(24(22)29)26(4,5)6/h7-16,28-29H,1-6H3. The molecule has 3 aromatic rings. The third-order valence-corrected chi connectivity index (χ3v) is 7.91. The molecule has 158 valence electrons. The van der Waals surface area contributed by atoms with E-state index in [-0.39, 0.29) is 22.3 Å². The summed E-state index contributed by atoms with van der Waals surface area (Å²) in [6.45, 7) is 12.5. The van der Waals surface area contributed by atoms with Crippen molar-refractivity contribution in [1.82, 2.24) is 0 Å². The monoisotopic (exact) mass is 440 g/mol. The van der Waals surface area contributed by atoms with E-state index in [1.807, 2.05) is 60.7 Å². The molecule has 0 aliphatic carbocycles. The van der Waals surface area contributed by atoms with Gasteiger partial charge in [0, 0.05) is 15.6 Å². The van der Waals surface area contributed by atoms with Gasteiger partial charge in [-0.15, -0.1) is 0 Å². The van der Waals surface area contributed by atoms with E-state index in [9.17, 15) is 10.2 Å². The largest absolute Gasteiger partial charge is 0.507 e. The second-order valence-corrected chi connectivity index (χ2v) is 12.2. The lowest BCUT2D eigenvalue weighted by molar-refractivity contribution is 0.450. The van der Waals surface area contributed by atoms with Crippen LogP contribution < -0.4 is 15.9 Å². The Morgan fingerprint density at radius 1 is 0.667 bits per heavy atom. The molecule has 0 aromatic heterocycles. The number of hydrogen-bond donors (Lipinski definition) is 2. The molecule has 3 aromatic carbocycles. The fourth-order valence-corrected chi connectivity index (χ4v) is 6.38. The summed E-state index contributed by atoms with van der Waals surface area (Å²) in [7, 11) is -1.22. The van der Waals surface area contributed by atoms with Crippen molar-refractivity contribution in [2.75, 3.05) is 0 Å². The molecule has 0 fully saturated rings. The summed E-state index contributed by atoms with van der Waals surface area (Å²) in [5.41, 5.74) is 1.37. The lowest BCUT2D eigenvalue weighted by atomic mass is 9.86. The van der Waals surface area contributed by atoms with Gasteiger partial charge in [-0.05, 0) is 47.3 Å². The van der Waals surface area contributed by atoms with E-state index in [0.717, 1.165) is 27.0 Å². The summed E-state index contributed by atoms with van der Waals surface area (Å²) in [6.07, 6.45) is 0. The Labute approximate surface area is 186 Å². The van der Waals surface area contributed by atoms with Gasteiger partial charge >= 0.3 is 0 Å². The second kappa shape index (κ2) is 8.25. The highest BCUT2D eigenvalue weighted by atomic mass is 35.5. The Morgan fingerprint density at radius 2 is 1.10 bits per heavy atom. The third kappa shape index (κ3) is 4.51. The lowest BCUT2D eigenvalue weighted by Gasteiger charge is -2.28. The minimum atomic E-state index is -1.22. The molecule has 30 heavy (non-hydrogen) atoms. The Kier molecular flexibility index (Phi) is 6.23. The molecule has 0 amide bonds. The van der Waals surface area contributed by atoms with Crippen molar-refractivity contribution in [2.45, 2.75) is 52.4 Å². The van der Waals surface area contributed by atoms with Gasteiger partial charge in [0.2, 0.25) is 0 Å². The van der Waals surface area contributed by atoms with E-state index < -0.39 is 7.92 Å². The minimum Gasteiger partial charge on any atom is -0.507 e. The van der Waals surface area contributed by atoms with Crippen molar-refractivity contribution >= 4 is 35.4 Å². The van der Waals surface area contributed by atoms with Crippen molar-refractivity contribution in [3.8, 4) is 11.5 Å². The first-order valence-electron chi connectivity index (χ1n) is 10.1. The highest BCUT2D eigenvalue weighted by Gasteiger charge is 2.29. The summed E-state index contributed by atoms with van der Waals surface area (Å²) in [4.78, 5) is 0. The zero-order chi connectivity index (χ0) is 22.3. The number of halogens is 1. The predicted molar refractivity (Wildman–Crippen MR) is 131 cm³/mol. The Morgan fingerprint density at radius 3 is 1.50 bits per heavy atom. The van der Waals surface area contributed by atoms with Gasteiger partial charge in [-0.2, -0.15) is 0 Å².